The predicted octanol–water partition coefficient (Wildman–Crippen LogP) is 2.98. The largest absolute Gasteiger partial charge is 0.496 e. The summed E-state index contributed by atoms with van der Waals surface area (Å²) in [5.74, 6) is 0.877. The van der Waals surface area contributed by atoms with Gasteiger partial charge in [-0.3, -0.25) is 0 Å². The lowest BCUT2D eigenvalue weighted by atomic mass is 9.77. The molecule has 0 aliphatic carbocycles. The van der Waals surface area contributed by atoms with Crippen LogP contribution in [0.2, 0.25) is 0 Å². The van der Waals surface area contributed by atoms with Gasteiger partial charge in [0.15, 0.2) is 0 Å². The second-order valence-electron chi connectivity index (χ2n) is 6.74. The molecule has 0 atom stereocenters. The Bertz CT molecular complexity index is 565. The van der Waals surface area contributed by atoms with Crippen molar-refractivity contribution in [3.8, 4) is 5.75 Å². The van der Waals surface area contributed by atoms with Crippen molar-refractivity contribution >= 4 is 13.2 Å². The van der Waals surface area contributed by atoms with E-state index in [0.717, 1.165) is 22.3 Å². The van der Waals surface area contributed by atoms with Gasteiger partial charge in [-0.1, -0.05) is 12.1 Å². The molecule has 22 heavy (non-hydrogen) atoms. The second-order valence-corrected chi connectivity index (χ2v) is 6.74. The van der Waals surface area contributed by atoms with Crippen molar-refractivity contribution < 1.29 is 14.0 Å². The Kier molecular flexibility index (Phi) is 4.71. The van der Waals surface area contributed by atoms with Crippen LogP contribution in [0.4, 0.5) is 0 Å². The number of benzene rings is 1. The van der Waals surface area contributed by atoms with Crippen LogP contribution in [0.3, 0.4) is 0 Å². The molecule has 1 heterocycles. The van der Waals surface area contributed by atoms with Gasteiger partial charge in [-0.05, 0) is 63.4 Å². The van der Waals surface area contributed by atoms with Crippen LogP contribution in [0.1, 0.15) is 38.8 Å². The minimum absolute atomic E-state index is 0.359. The first-order chi connectivity index (χ1) is 10.2. The van der Waals surface area contributed by atoms with E-state index in [4.69, 9.17) is 19.8 Å². The summed E-state index contributed by atoms with van der Waals surface area (Å²) in [5, 5.41) is 0. The summed E-state index contributed by atoms with van der Waals surface area (Å²) in [4.78, 5) is 0. The summed E-state index contributed by atoms with van der Waals surface area (Å²) in [6, 6.07) is 6.03. The van der Waals surface area contributed by atoms with Crippen LogP contribution in [0, 0.1) is 6.92 Å². The highest BCUT2D eigenvalue weighted by atomic mass is 16.7. The van der Waals surface area contributed by atoms with Gasteiger partial charge in [0.05, 0.1) is 18.3 Å². The maximum atomic E-state index is 6.07. The first-order valence-electron chi connectivity index (χ1n) is 7.61. The highest BCUT2D eigenvalue weighted by molar-refractivity contribution is 6.55. The smallest absolute Gasteiger partial charge is 0.491 e. The third-order valence-electron chi connectivity index (χ3n) is 4.56. The van der Waals surface area contributed by atoms with Gasteiger partial charge in [-0.2, -0.15) is 0 Å². The summed E-state index contributed by atoms with van der Waals surface area (Å²) in [6.07, 6.45) is 2.04. The van der Waals surface area contributed by atoms with Gasteiger partial charge in [0.25, 0.3) is 0 Å². The molecule has 1 aliphatic heterocycles. The Labute approximate surface area is 133 Å². The van der Waals surface area contributed by atoms with Gasteiger partial charge in [0, 0.05) is 6.54 Å². The molecule has 120 valence electrons. The van der Waals surface area contributed by atoms with Crippen molar-refractivity contribution in [2.45, 2.75) is 45.8 Å². The van der Waals surface area contributed by atoms with E-state index >= 15 is 0 Å². The van der Waals surface area contributed by atoms with Crippen LogP contribution in [0.25, 0.3) is 6.08 Å². The summed E-state index contributed by atoms with van der Waals surface area (Å²) >= 11 is 0. The Morgan fingerprint density at radius 1 is 1.23 bits per heavy atom. The van der Waals surface area contributed by atoms with Crippen molar-refractivity contribution in [2.24, 2.45) is 5.73 Å². The Balaban J connectivity index is 2.27. The maximum absolute atomic E-state index is 6.07. The molecule has 1 aliphatic rings. The third kappa shape index (κ3) is 3.22. The zero-order chi connectivity index (χ0) is 16.5. The van der Waals surface area contributed by atoms with E-state index in [-0.39, 0.29) is 11.2 Å². The molecule has 5 heteroatoms. The fraction of sp³-hybridized carbons (Fsp3) is 0.529. The molecule has 4 nitrogen and oxygen atoms in total. The Morgan fingerprint density at radius 2 is 1.82 bits per heavy atom. The number of ether oxygens (including phenoxy) is 1. The van der Waals surface area contributed by atoms with Crippen LogP contribution < -0.4 is 10.5 Å². The highest BCUT2D eigenvalue weighted by Crippen LogP contribution is 2.38. The van der Waals surface area contributed by atoms with Crippen molar-refractivity contribution in [1.82, 2.24) is 0 Å². The number of aryl methyl sites for hydroxylation is 1. The fourth-order valence-electron chi connectivity index (χ4n) is 2.42. The number of rotatable bonds is 4. The molecular formula is C17H26BNO3. The van der Waals surface area contributed by atoms with Crippen molar-refractivity contribution in [1.29, 1.82) is 0 Å². The zero-order valence-electron chi connectivity index (χ0n) is 14.4. The van der Waals surface area contributed by atoms with E-state index in [2.05, 4.69) is 6.07 Å². The lowest BCUT2D eigenvalue weighted by molar-refractivity contribution is 0.00578. The van der Waals surface area contributed by atoms with Gasteiger partial charge in [0.2, 0.25) is 0 Å². The van der Waals surface area contributed by atoms with Crippen LogP contribution >= 0.6 is 0 Å². The number of hydrogen-bond donors (Lipinski definition) is 1. The van der Waals surface area contributed by atoms with Crippen molar-refractivity contribution in [2.75, 3.05) is 13.7 Å². The standard InChI is InChI=1S/C17H26BNO3/c1-12-9-13(7-8-15(12)20-6)10-14(11-19)18-21-16(2,3)17(4,5)22-18/h7-10H,11,19H2,1-6H3. The van der Waals surface area contributed by atoms with Crippen LogP contribution in [-0.2, 0) is 9.31 Å². The molecular weight excluding hydrogens is 277 g/mol. The lowest BCUT2D eigenvalue weighted by Crippen LogP contribution is -2.41. The average Bonchev–Trinajstić information content (AvgIpc) is 2.65. The first kappa shape index (κ1) is 17.1. The second kappa shape index (κ2) is 6.07. The van der Waals surface area contributed by atoms with Crippen molar-refractivity contribution in [3.63, 3.8) is 0 Å². The van der Waals surface area contributed by atoms with Gasteiger partial charge < -0.3 is 19.8 Å². The molecule has 0 saturated carbocycles. The Hall–Kier alpha value is -1.30. The zero-order valence-corrected chi connectivity index (χ0v) is 14.4. The molecule has 0 unspecified atom stereocenters. The van der Waals surface area contributed by atoms with E-state index in [1.54, 1.807) is 7.11 Å². The molecule has 1 aromatic carbocycles. The normalized spacial score (nSPS) is 20.3. The van der Waals surface area contributed by atoms with Gasteiger partial charge >= 0.3 is 7.12 Å². The predicted molar refractivity (Wildman–Crippen MR) is 90.8 cm³/mol. The van der Waals surface area contributed by atoms with Gasteiger partial charge in [-0.25, -0.2) is 0 Å². The van der Waals surface area contributed by atoms with Gasteiger partial charge in [-0.15, -0.1) is 0 Å². The molecule has 0 radical (unpaired) electrons. The SMILES string of the molecule is COc1ccc(C=C(CN)B2OC(C)(C)C(C)(C)O2)cc1C. The summed E-state index contributed by atoms with van der Waals surface area (Å²) < 4.78 is 17.4. The molecule has 2 N–H and O–H groups in total. The molecule has 0 bridgehead atoms. The molecule has 0 amide bonds. The maximum Gasteiger partial charge on any atom is 0.491 e. The summed E-state index contributed by atoms with van der Waals surface area (Å²) in [5.41, 5.74) is 8.28. The van der Waals surface area contributed by atoms with Crippen molar-refractivity contribution in [3.05, 3.63) is 34.8 Å². The number of hydrogen-bond acceptors (Lipinski definition) is 4. The lowest BCUT2D eigenvalue weighted by Gasteiger charge is -2.32. The first-order valence-corrected chi connectivity index (χ1v) is 7.61. The van der Waals surface area contributed by atoms with E-state index < -0.39 is 7.12 Å². The molecule has 0 spiro atoms. The number of methoxy groups -OCH3 is 1. The van der Waals surface area contributed by atoms with E-state index in [1.165, 1.54) is 0 Å². The average molecular weight is 303 g/mol. The molecule has 1 saturated heterocycles. The summed E-state index contributed by atoms with van der Waals surface area (Å²) in [7, 11) is 1.27. The monoisotopic (exact) mass is 303 g/mol. The quantitative estimate of drug-likeness (QED) is 0.869. The molecule has 1 fully saturated rings. The minimum Gasteiger partial charge on any atom is -0.496 e. The molecule has 1 aromatic rings. The van der Waals surface area contributed by atoms with Crippen LogP contribution in [-0.4, -0.2) is 32.0 Å². The minimum atomic E-state index is -0.405. The van der Waals surface area contributed by atoms with E-state index in [0.29, 0.717) is 6.54 Å². The topological polar surface area (TPSA) is 53.7 Å². The third-order valence-corrected chi connectivity index (χ3v) is 4.56. The van der Waals surface area contributed by atoms with E-state index in [1.807, 2.05) is 52.8 Å². The fourth-order valence-corrected chi connectivity index (χ4v) is 2.42. The molecule has 0 aromatic heterocycles. The van der Waals surface area contributed by atoms with Gasteiger partial charge in [0.1, 0.15) is 5.75 Å². The highest BCUT2D eigenvalue weighted by Gasteiger charge is 2.52. The number of nitrogens with two attached hydrogens (primary N) is 1. The summed E-state index contributed by atoms with van der Waals surface area (Å²) in [6.45, 7) is 10.6. The van der Waals surface area contributed by atoms with Crippen LogP contribution in [0.15, 0.2) is 23.7 Å². The Morgan fingerprint density at radius 3 is 2.27 bits per heavy atom. The van der Waals surface area contributed by atoms with Crippen LogP contribution in [0.5, 0.6) is 5.75 Å². The molecule has 2 rings (SSSR count). The van der Waals surface area contributed by atoms with E-state index in [9.17, 15) is 0 Å².